The second kappa shape index (κ2) is 9.41. The number of nitriles is 1. The Labute approximate surface area is 181 Å². The molecule has 2 fully saturated rings. The largest absolute Gasteiger partial charge is 0.394 e. The van der Waals surface area contributed by atoms with Crippen LogP contribution in [0, 0.1) is 17.1 Å². The first-order valence-corrected chi connectivity index (χ1v) is 10.6. The number of carbonyl (C=O) groups excluding carboxylic acids is 1. The summed E-state index contributed by atoms with van der Waals surface area (Å²) in [6, 6.07) is 11.9. The monoisotopic (exact) mass is 423 g/mol. The molecule has 162 valence electrons. The molecule has 2 aromatic rings. The molecule has 2 aliphatic rings. The molecule has 2 unspecified atom stereocenters. The number of nitrogens with zero attached hydrogens (tertiary/aromatic N) is 4. The van der Waals surface area contributed by atoms with Gasteiger partial charge in [0.25, 0.3) is 0 Å². The molecule has 2 N–H and O–H groups in total. The van der Waals surface area contributed by atoms with Gasteiger partial charge in [-0.25, -0.2) is 9.37 Å². The lowest BCUT2D eigenvalue weighted by Gasteiger charge is -2.42. The standard InChI is InChI=1S/C23H26FN5O2/c24-18-4-2-17(3-5-18)21(15-30)26-10-9-23(31)28-13-19-6-7-20(14-28)29(19)22-8-1-16(11-25)12-27-22/h1-5,8,12,19-21,26,30H,6-7,9-10,13-15H2/t19?,20?,21-/m1/s1. The maximum atomic E-state index is 13.1. The van der Waals surface area contributed by atoms with E-state index >= 15 is 0 Å². The van der Waals surface area contributed by atoms with Crippen LogP contribution in [0.2, 0.25) is 0 Å². The second-order valence-electron chi connectivity index (χ2n) is 8.10. The van der Waals surface area contributed by atoms with Crippen molar-refractivity contribution in [3.63, 3.8) is 0 Å². The summed E-state index contributed by atoms with van der Waals surface area (Å²) in [7, 11) is 0. The van der Waals surface area contributed by atoms with Gasteiger partial charge in [0.1, 0.15) is 17.7 Å². The van der Waals surface area contributed by atoms with E-state index in [1.165, 1.54) is 12.1 Å². The Balaban J connectivity index is 1.30. The molecule has 3 heterocycles. The van der Waals surface area contributed by atoms with E-state index in [0.29, 0.717) is 31.6 Å². The van der Waals surface area contributed by atoms with E-state index in [2.05, 4.69) is 21.3 Å². The molecule has 1 amide bonds. The zero-order valence-corrected chi connectivity index (χ0v) is 17.2. The number of rotatable bonds is 7. The molecule has 7 nitrogen and oxygen atoms in total. The molecule has 2 saturated heterocycles. The normalized spacial score (nSPS) is 21.1. The molecule has 1 aromatic carbocycles. The maximum absolute atomic E-state index is 13.1. The van der Waals surface area contributed by atoms with Crippen molar-refractivity contribution in [1.29, 1.82) is 5.26 Å². The third-order valence-electron chi connectivity index (χ3n) is 6.16. The highest BCUT2D eigenvalue weighted by Gasteiger charge is 2.41. The van der Waals surface area contributed by atoms with Crippen molar-refractivity contribution in [2.75, 3.05) is 31.1 Å². The summed E-state index contributed by atoms with van der Waals surface area (Å²) < 4.78 is 13.1. The third-order valence-corrected chi connectivity index (χ3v) is 6.16. The summed E-state index contributed by atoms with van der Waals surface area (Å²) in [4.78, 5) is 21.5. The summed E-state index contributed by atoms with van der Waals surface area (Å²) in [5, 5.41) is 21.8. The number of carbonyl (C=O) groups is 1. The number of hydrogen-bond acceptors (Lipinski definition) is 6. The number of amides is 1. The Morgan fingerprint density at radius 3 is 2.52 bits per heavy atom. The third kappa shape index (κ3) is 4.68. The van der Waals surface area contributed by atoms with Gasteiger partial charge in [0.05, 0.1) is 18.2 Å². The van der Waals surface area contributed by atoms with Gasteiger partial charge in [0.2, 0.25) is 5.91 Å². The molecule has 0 spiro atoms. The fourth-order valence-electron chi connectivity index (χ4n) is 4.58. The number of hydrogen-bond donors (Lipinski definition) is 2. The zero-order chi connectivity index (χ0) is 21.8. The first-order chi connectivity index (χ1) is 15.1. The lowest BCUT2D eigenvalue weighted by atomic mass is 10.1. The average Bonchev–Trinajstić information content (AvgIpc) is 3.06. The van der Waals surface area contributed by atoms with Crippen molar-refractivity contribution in [2.24, 2.45) is 0 Å². The zero-order valence-electron chi connectivity index (χ0n) is 17.2. The predicted molar refractivity (Wildman–Crippen MR) is 114 cm³/mol. The molecular weight excluding hydrogens is 397 g/mol. The summed E-state index contributed by atoms with van der Waals surface area (Å²) in [5.74, 6) is 0.638. The number of piperazine rings is 1. The maximum Gasteiger partial charge on any atom is 0.223 e. The summed E-state index contributed by atoms with van der Waals surface area (Å²) in [5.41, 5.74) is 1.33. The SMILES string of the molecule is N#Cc1ccc(N2C3CCC2CN(C(=O)CCN[C@H](CO)c2ccc(F)cc2)C3)nc1. The van der Waals surface area contributed by atoms with Crippen LogP contribution in [0.4, 0.5) is 10.2 Å². The summed E-state index contributed by atoms with van der Waals surface area (Å²) in [6.07, 6.45) is 3.97. The minimum absolute atomic E-state index is 0.0904. The Kier molecular flexibility index (Phi) is 6.44. The second-order valence-corrected chi connectivity index (χ2v) is 8.10. The van der Waals surface area contributed by atoms with Crippen LogP contribution in [0.25, 0.3) is 0 Å². The molecule has 2 bridgehead atoms. The molecule has 2 aliphatic heterocycles. The first-order valence-electron chi connectivity index (χ1n) is 10.6. The van der Waals surface area contributed by atoms with Gasteiger partial charge in [0.15, 0.2) is 0 Å². The van der Waals surface area contributed by atoms with E-state index in [-0.39, 0.29) is 36.5 Å². The number of benzene rings is 1. The average molecular weight is 423 g/mol. The molecule has 0 saturated carbocycles. The van der Waals surface area contributed by atoms with Gasteiger partial charge in [-0.05, 0) is 42.7 Å². The Morgan fingerprint density at radius 1 is 1.23 bits per heavy atom. The lowest BCUT2D eigenvalue weighted by molar-refractivity contribution is -0.132. The van der Waals surface area contributed by atoms with E-state index in [1.807, 2.05) is 11.0 Å². The Hall–Kier alpha value is -3.02. The molecule has 31 heavy (non-hydrogen) atoms. The number of aliphatic hydroxyl groups excluding tert-OH is 1. The summed E-state index contributed by atoms with van der Waals surface area (Å²) >= 11 is 0. The molecule has 0 radical (unpaired) electrons. The molecule has 1 aromatic heterocycles. The number of pyridine rings is 1. The highest BCUT2D eigenvalue weighted by atomic mass is 19.1. The molecule has 3 atom stereocenters. The highest BCUT2D eigenvalue weighted by molar-refractivity contribution is 5.77. The van der Waals surface area contributed by atoms with E-state index in [4.69, 9.17) is 5.26 Å². The van der Waals surface area contributed by atoms with Gasteiger partial charge in [-0.1, -0.05) is 12.1 Å². The molecule has 4 rings (SSSR count). The Bertz CT molecular complexity index is 930. The van der Waals surface area contributed by atoms with Crippen LogP contribution in [0.3, 0.4) is 0 Å². The quantitative estimate of drug-likeness (QED) is 0.708. The molecule has 8 heteroatoms. The topological polar surface area (TPSA) is 92.5 Å². The van der Waals surface area contributed by atoms with Crippen LogP contribution >= 0.6 is 0 Å². The van der Waals surface area contributed by atoms with E-state index in [9.17, 15) is 14.3 Å². The number of fused-ring (bicyclic) bond motifs is 2. The molecular formula is C23H26FN5O2. The molecule has 0 aliphatic carbocycles. The summed E-state index contributed by atoms with van der Waals surface area (Å²) in [6.45, 7) is 1.64. The van der Waals surface area contributed by atoms with Crippen molar-refractivity contribution in [3.05, 3.63) is 59.5 Å². The number of anilines is 1. The van der Waals surface area contributed by atoms with Crippen molar-refractivity contribution in [3.8, 4) is 6.07 Å². The van der Waals surface area contributed by atoms with Crippen LogP contribution in [0.15, 0.2) is 42.6 Å². The van der Waals surface area contributed by atoms with Gasteiger partial charge in [-0.15, -0.1) is 0 Å². The van der Waals surface area contributed by atoms with Crippen molar-refractivity contribution < 1.29 is 14.3 Å². The van der Waals surface area contributed by atoms with Crippen LogP contribution in [0.5, 0.6) is 0 Å². The lowest BCUT2D eigenvalue weighted by Crippen LogP contribution is -2.56. The van der Waals surface area contributed by atoms with Crippen molar-refractivity contribution >= 4 is 11.7 Å². The van der Waals surface area contributed by atoms with Gasteiger partial charge in [-0.3, -0.25) is 4.79 Å². The van der Waals surface area contributed by atoms with E-state index in [0.717, 1.165) is 24.2 Å². The number of halogens is 1. The number of aliphatic hydroxyl groups is 1. The van der Waals surface area contributed by atoms with Gasteiger partial charge in [0, 0.05) is 44.3 Å². The smallest absolute Gasteiger partial charge is 0.223 e. The van der Waals surface area contributed by atoms with Crippen molar-refractivity contribution in [1.82, 2.24) is 15.2 Å². The van der Waals surface area contributed by atoms with E-state index in [1.54, 1.807) is 24.4 Å². The fraction of sp³-hybridized carbons (Fsp3) is 0.435. The number of likely N-dealkylation sites (tertiary alicyclic amines) is 1. The van der Waals surface area contributed by atoms with Gasteiger partial charge < -0.3 is 20.2 Å². The van der Waals surface area contributed by atoms with Crippen LogP contribution < -0.4 is 10.2 Å². The van der Waals surface area contributed by atoms with Crippen molar-refractivity contribution in [2.45, 2.75) is 37.4 Å². The minimum Gasteiger partial charge on any atom is -0.394 e. The van der Waals surface area contributed by atoms with E-state index < -0.39 is 0 Å². The predicted octanol–water partition coefficient (Wildman–Crippen LogP) is 1.99. The fourth-order valence-corrected chi connectivity index (χ4v) is 4.58. The van der Waals surface area contributed by atoms with Crippen LogP contribution in [0.1, 0.15) is 36.4 Å². The Morgan fingerprint density at radius 2 is 1.94 bits per heavy atom. The van der Waals surface area contributed by atoms with Gasteiger partial charge >= 0.3 is 0 Å². The van der Waals surface area contributed by atoms with Crippen LogP contribution in [-0.2, 0) is 4.79 Å². The number of nitrogens with one attached hydrogen (secondary N) is 1. The van der Waals surface area contributed by atoms with Crippen LogP contribution in [-0.4, -0.2) is 59.2 Å². The first kappa shape index (κ1) is 21.2. The van der Waals surface area contributed by atoms with Gasteiger partial charge in [-0.2, -0.15) is 5.26 Å². The number of aromatic nitrogens is 1. The highest BCUT2D eigenvalue weighted by Crippen LogP contribution is 2.34. The minimum atomic E-state index is -0.330.